The molecule has 0 aliphatic heterocycles. The summed E-state index contributed by atoms with van der Waals surface area (Å²) >= 11 is 0. The van der Waals surface area contributed by atoms with Crippen LogP contribution in [0.1, 0.15) is 27.2 Å². The van der Waals surface area contributed by atoms with Gasteiger partial charge in [0.2, 0.25) is 0 Å². The van der Waals surface area contributed by atoms with E-state index in [1.54, 1.807) is 16.8 Å². The van der Waals surface area contributed by atoms with Gasteiger partial charge >= 0.3 is 6.03 Å². The summed E-state index contributed by atoms with van der Waals surface area (Å²) in [6.45, 7) is 6.82. The lowest BCUT2D eigenvalue weighted by molar-refractivity contribution is 0.187. The van der Waals surface area contributed by atoms with Crippen molar-refractivity contribution in [3.05, 3.63) is 11.8 Å². The normalized spacial score (nSPS) is 9.31. The van der Waals surface area contributed by atoms with Crippen LogP contribution in [0.5, 0.6) is 0 Å². The van der Waals surface area contributed by atoms with Gasteiger partial charge in [-0.25, -0.2) is 4.79 Å². The molecule has 0 radical (unpaired) electrons. The Bertz CT molecular complexity index is 195. The minimum absolute atomic E-state index is 0.0445. The van der Waals surface area contributed by atoms with Crippen molar-refractivity contribution in [3.63, 3.8) is 0 Å². The van der Waals surface area contributed by atoms with Gasteiger partial charge in [-0.2, -0.15) is 0 Å². The van der Waals surface area contributed by atoms with Crippen LogP contribution in [0.25, 0.3) is 0 Å². The first-order chi connectivity index (χ1) is 5.99. The molecule has 2 amide bonds. The van der Waals surface area contributed by atoms with Crippen molar-refractivity contribution in [2.24, 2.45) is 0 Å². The molecule has 0 spiro atoms. The average Bonchev–Trinajstić information content (AvgIpc) is 2.02. The number of amides is 2. The quantitative estimate of drug-likeness (QED) is 0.660. The topological polar surface area (TPSA) is 23.6 Å². The monoisotopic (exact) mass is 184 g/mol. The van der Waals surface area contributed by atoms with Crippen molar-refractivity contribution in [2.75, 3.05) is 20.6 Å². The van der Waals surface area contributed by atoms with E-state index in [9.17, 15) is 4.79 Å². The molecule has 0 aromatic heterocycles. The van der Waals surface area contributed by atoms with E-state index in [1.807, 2.05) is 27.1 Å². The van der Waals surface area contributed by atoms with Gasteiger partial charge in [0.05, 0.1) is 0 Å². The second-order valence-electron chi connectivity index (χ2n) is 3.52. The fourth-order valence-electron chi connectivity index (χ4n) is 1.14. The molecule has 0 aromatic rings. The molecule has 0 unspecified atom stereocenters. The average molecular weight is 184 g/mol. The Morgan fingerprint density at radius 3 is 2.23 bits per heavy atom. The smallest absolute Gasteiger partial charge is 0.323 e. The third-order valence-corrected chi connectivity index (χ3v) is 1.64. The molecule has 0 heterocycles. The maximum Gasteiger partial charge on any atom is 0.323 e. The molecular weight excluding hydrogens is 164 g/mol. The highest BCUT2D eigenvalue weighted by atomic mass is 16.2. The lowest BCUT2D eigenvalue weighted by Crippen LogP contribution is -2.36. The van der Waals surface area contributed by atoms with Gasteiger partial charge in [0.25, 0.3) is 0 Å². The van der Waals surface area contributed by atoms with E-state index in [2.05, 4.69) is 6.92 Å². The second-order valence-corrected chi connectivity index (χ2v) is 3.52. The highest BCUT2D eigenvalue weighted by molar-refractivity contribution is 5.74. The highest BCUT2D eigenvalue weighted by Crippen LogP contribution is 1.99. The molecule has 0 atom stereocenters. The maximum absolute atomic E-state index is 11.6. The van der Waals surface area contributed by atoms with Crippen LogP contribution in [0.15, 0.2) is 11.8 Å². The SMILES string of the molecule is CCCN(C)C(=O)N(C)C=C(C)C. The Labute approximate surface area is 81.0 Å². The molecule has 0 bridgehead atoms. The van der Waals surface area contributed by atoms with Crippen molar-refractivity contribution < 1.29 is 4.79 Å². The van der Waals surface area contributed by atoms with Gasteiger partial charge in [0.1, 0.15) is 0 Å². The van der Waals surface area contributed by atoms with Crippen LogP contribution >= 0.6 is 0 Å². The van der Waals surface area contributed by atoms with E-state index in [0.29, 0.717) is 0 Å². The van der Waals surface area contributed by atoms with E-state index >= 15 is 0 Å². The van der Waals surface area contributed by atoms with E-state index in [1.165, 1.54) is 0 Å². The Balaban J connectivity index is 4.17. The number of urea groups is 1. The summed E-state index contributed by atoms with van der Waals surface area (Å²) in [6, 6.07) is 0.0445. The van der Waals surface area contributed by atoms with Gasteiger partial charge in [-0.05, 0) is 20.3 Å². The van der Waals surface area contributed by atoms with Gasteiger partial charge in [-0.1, -0.05) is 12.5 Å². The molecule has 76 valence electrons. The Hall–Kier alpha value is -0.990. The van der Waals surface area contributed by atoms with Gasteiger partial charge in [-0.3, -0.25) is 0 Å². The lowest BCUT2D eigenvalue weighted by atomic mass is 10.4. The zero-order valence-corrected chi connectivity index (χ0v) is 9.29. The largest absolute Gasteiger partial charge is 0.327 e. The molecule has 0 saturated carbocycles. The first-order valence-corrected chi connectivity index (χ1v) is 4.62. The van der Waals surface area contributed by atoms with Crippen LogP contribution in [0.2, 0.25) is 0 Å². The van der Waals surface area contributed by atoms with Crippen molar-refractivity contribution in [1.82, 2.24) is 9.80 Å². The van der Waals surface area contributed by atoms with E-state index < -0.39 is 0 Å². The standard InChI is InChI=1S/C10H20N2O/c1-6-7-11(4)10(13)12(5)8-9(2)3/h8H,6-7H2,1-5H3. The third-order valence-electron chi connectivity index (χ3n) is 1.64. The molecule has 3 heteroatoms. The van der Waals surface area contributed by atoms with Crippen LogP contribution < -0.4 is 0 Å². The van der Waals surface area contributed by atoms with Crippen molar-refractivity contribution in [1.29, 1.82) is 0 Å². The molecule has 0 saturated heterocycles. The number of hydrogen-bond donors (Lipinski definition) is 0. The van der Waals surface area contributed by atoms with Crippen LogP contribution in [0.4, 0.5) is 4.79 Å². The van der Waals surface area contributed by atoms with Gasteiger partial charge in [0.15, 0.2) is 0 Å². The highest BCUT2D eigenvalue weighted by Gasteiger charge is 2.10. The molecule has 0 N–H and O–H groups in total. The van der Waals surface area contributed by atoms with Crippen LogP contribution in [0.3, 0.4) is 0 Å². The molecule has 0 fully saturated rings. The zero-order valence-electron chi connectivity index (χ0n) is 9.29. The van der Waals surface area contributed by atoms with E-state index in [-0.39, 0.29) is 6.03 Å². The maximum atomic E-state index is 11.6. The Morgan fingerprint density at radius 2 is 1.85 bits per heavy atom. The number of allylic oxidation sites excluding steroid dienone is 1. The second kappa shape index (κ2) is 5.62. The van der Waals surface area contributed by atoms with Crippen LogP contribution in [-0.2, 0) is 0 Å². The minimum Gasteiger partial charge on any atom is -0.327 e. The fraction of sp³-hybridized carbons (Fsp3) is 0.700. The summed E-state index contributed by atoms with van der Waals surface area (Å²) in [4.78, 5) is 14.9. The van der Waals surface area contributed by atoms with Crippen LogP contribution in [-0.4, -0.2) is 36.5 Å². The van der Waals surface area contributed by atoms with Crippen molar-refractivity contribution >= 4 is 6.03 Å². The Kier molecular flexibility index (Phi) is 5.19. The fourth-order valence-corrected chi connectivity index (χ4v) is 1.14. The van der Waals surface area contributed by atoms with E-state index in [0.717, 1.165) is 18.5 Å². The summed E-state index contributed by atoms with van der Waals surface area (Å²) in [5.41, 5.74) is 1.13. The third kappa shape index (κ3) is 4.55. The summed E-state index contributed by atoms with van der Waals surface area (Å²) in [5, 5.41) is 0. The molecular formula is C10H20N2O. The molecule has 0 aliphatic rings. The number of carbonyl (C=O) groups excluding carboxylic acids is 1. The minimum atomic E-state index is 0.0445. The zero-order chi connectivity index (χ0) is 10.4. The predicted octanol–water partition coefficient (Wildman–Crippen LogP) is 2.30. The first-order valence-electron chi connectivity index (χ1n) is 4.62. The lowest BCUT2D eigenvalue weighted by Gasteiger charge is -2.22. The molecule has 0 aliphatic carbocycles. The number of rotatable bonds is 3. The summed E-state index contributed by atoms with van der Waals surface area (Å²) in [7, 11) is 3.60. The number of carbonyl (C=O) groups is 1. The predicted molar refractivity (Wildman–Crippen MR) is 55.5 cm³/mol. The summed E-state index contributed by atoms with van der Waals surface area (Å²) in [5.74, 6) is 0. The van der Waals surface area contributed by atoms with Gasteiger partial charge in [-0.15, -0.1) is 0 Å². The Morgan fingerprint density at radius 1 is 1.31 bits per heavy atom. The molecule has 3 nitrogen and oxygen atoms in total. The molecule has 13 heavy (non-hydrogen) atoms. The van der Waals surface area contributed by atoms with E-state index in [4.69, 9.17) is 0 Å². The van der Waals surface area contributed by atoms with Crippen molar-refractivity contribution in [3.8, 4) is 0 Å². The molecule has 0 aromatic carbocycles. The molecule has 0 rings (SSSR count). The summed E-state index contributed by atoms with van der Waals surface area (Å²) in [6.07, 6.45) is 2.83. The van der Waals surface area contributed by atoms with Gasteiger partial charge in [0, 0.05) is 26.8 Å². The van der Waals surface area contributed by atoms with Crippen molar-refractivity contribution in [2.45, 2.75) is 27.2 Å². The number of nitrogens with zero attached hydrogens (tertiary/aromatic N) is 2. The summed E-state index contributed by atoms with van der Waals surface area (Å²) < 4.78 is 0. The first kappa shape index (κ1) is 12.0. The van der Waals surface area contributed by atoms with Gasteiger partial charge < -0.3 is 9.80 Å². The van der Waals surface area contributed by atoms with Crippen LogP contribution in [0, 0.1) is 0 Å². The number of hydrogen-bond acceptors (Lipinski definition) is 1.